The van der Waals surface area contributed by atoms with E-state index in [1.165, 1.54) is 57.8 Å². The van der Waals surface area contributed by atoms with Crippen LogP contribution in [0.4, 0.5) is 0 Å². The van der Waals surface area contributed by atoms with E-state index in [-0.39, 0.29) is 63.0 Å². The van der Waals surface area contributed by atoms with Crippen molar-refractivity contribution < 1.29 is 69.5 Å². The average Bonchev–Trinajstić information content (AvgIpc) is 2.63. The van der Waals surface area contributed by atoms with E-state index in [2.05, 4.69) is 24.1 Å². The van der Waals surface area contributed by atoms with Crippen molar-refractivity contribution in [2.45, 2.75) is 110 Å². The zero-order valence-corrected chi connectivity index (χ0v) is 22.8. The second kappa shape index (κ2) is 23.4. The van der Waals surface area contributed by atoms with Gasteiger partial charge in [-0.2, -0.15) is 8.42 Å². The standard InChI is InChI=1S/C22H43NO4S.K/c1-2-3-4-5-6-7-8-9-10-11-12-13-14-15-16-19-22(24)23-20-17-18-21-28(25,26)27;/h9-10H,2-8,11-21H2,1H3,(H,23,24)(H,25,26,27);/q;+1/p-1/b10-9-;. The number of hydrogen-bond acceptors (Lipinski definition) is 4. The van der Waals surface area contributed by atoms with Crippen molar-refractivity contribution in [3.8, 4) is 0 Å². The van der Waals surface area contributed by atoms with Gasteiger partial charge in [0.15, 0.2) is 0 Å². The molecule has 0 unspecified atom stereocenters. The van der Waals surface area contributed by atoms with Crippen LogP contribution in [0.5, 0.6) is 0 Å². The van der Waals surface area contributed by atoms with E-state index < -0.39 is 10.1 Å². The molecule has 29 heavy (non-hydrogen) atoms. The monoisotopic (exact) mass is 455 g/mol. The van der Waals surface area contributed by atoms with Crippen LogP contribution in [0.2, 0.25) is 0 Å². The van der Waals surface area contributed by atoms with Gasteiger partial charge >= 0.3 is 51.4 Å². The molecule has 166 valence electrons. The molecule has 0 saturated heterocycles. The Morgan fingerprint density at radius 2 is 1.34 bits per heavy atom. The molecule has 0 aliphatic heterocycles. The molecule has 5 nitrogen and oxygen atoms in total. The Morgan fingerprint density at radius 3 is 1.90 bits per heavy atom. The fourth-order valence-electron chi connectivity index (χ4n) is 3.03. The zero-order valence-electron chi connectivity index (χ0n) is 18.9. The number of aliphatic imine (C=N–C) groups is 1. The molecular weight excluding hydrogens is 413 g/mol. The fraction of sp³-hybridized carbons (Fsp3) is 0.864. The first-order valence-corrected chi connectivity index (χ1v) is 12.9. The molecule has 0 saturated carbocycles. The summed E-state index contributed by atoms with van der Waals surface area (Å²) >= 11 is 0. The van der Waals surface area contributed by atoms with Crippen LogP contribution in [-0.4, -0.2) is 31.2 Å². The van der Waals surface area contributed by atoms with Gasteiger partial charge in [0.1, 0.15) is 0 Å². The Labute approximate surface area is 222 Å². The maximum Gasteiger partial charge on any atom is 1.00 e. The number of unbranched alkanes of at least 4 members (excludes halogenated alkanes) is 12. The third kappa shape index (κ3) is 28.8. The van der Waals surface area contributed by atoms with E-state index >= 15 is 0 Å². The van der Waals surface area contributed by atoms with Crippen molar-refractivity contribution in [3.05, 3.63) is 12.2 Å². The minimum Gasteiger partial charge on any atom is -0.862 e. The maximum absolute atomic E-state index is 11.6. The molecule has 0 atom stereocenters. The third-order valence-corrected chi connectivity index (χ3v) is 5.56. The number of hydrogen-bond donors (Lipinski definition) is 1. The molecule has 0 heterocycles. The van der Waals surface area contributed by atoms with Crippen molar-refractivity contribution in [3.63, 3.8) is 0 Å². The van der Waals surface area contributed by atoms with E-state index in [1.807, 2.05) is 0 Å². The van der Waals surface area contributed by atoms with E-state index in [0.29, 0.717) is 25.8 Å². The number of nitrogens with zero attached hydrogens (tertiary/aromatic N) is 1. The molecule has 0 rings (SSSR count). The van der Waals surface area contributed by atoms with Gasteiger partial charge in [-0.05, 0) is 57.3 Å². The van der Waals surface area contributed by atoms with Gasteiger partial charge < -0.3 is 10.1 Å². The fourth-order valence-corrected chi connectivity index (χ4v) is 3.59. The summed E-state index contributed by atoms with van der Waals surface area (Å²) in [5.41, 5.74) is 0. The molecule has 0 amide bonds. The summed E-state index contributed by atoms with van der Waals surface area (Å²) in [7, 11) is -3.89. The van der Waals surface area contributed by atoms with E-state index in [4.69, 9.17) is 4.55 Å². The van der Waals surface area contributed by atoms with Gasteiger partial charge in [0.2, 0.25) is 0 Å². The van der Waals surface area contributed by atoms with Gasteiger partial charge in [0.25, 0.3) is 10.1 Å². The minimum absolute atomic E-state index is 0. The van der Waals surface area contributed by atoms with E-state index in [0.717, 1.165) is 25.7 Å². The van der Waals surface area contributed by atoms with Crippen LogP contribution in [0.25, 0.3) is 0 Å². The SMILES string of the molecule is CCCCCCCC/C=C\CCCCCCCC([O-])=NCCCCS(=O)(=O)O.[K+]. The minimum atomic E-state index is -3.89. The molecule has 0 aromatic rings. The Hall–Kier alpha value is 0.756. The summed E-state index contributed by atoms with van der Waals surface area (Å²) in [6.45, 7) is 2.60. The number of allylic oxidation sites excluding steroid dienone is 2. The van der Waals surface area contributed by atoms with Crippen LogP contribution in [0, 0.1) is 0 Å². The molecule has 1 N–H and O–H groups in total. The van der Waals surface area contributed by atoms with Crippen molar-refractivity contribution in [2.24, 2.45) is 4.99 Å². The van der Waals surface area contributed by atoms with Crippen LogP contribution in [0.3, 0.4) is 0 Å². The van der Waals surface area contributed by atoms with Gasteiger partial charge in [-0.25, -0.2) is 0 Å². The normalized spacial score (nSPS) is 12.4. The number of rotatable bonds is 20. The Morgan fingerprint density at radius 1 is 0.828 bits per heavy atom. The van der Waals surface area contributed by atoms with Crippen LogP contribution in [0.1, 0.15) is 110 Å². The molecule has 0 bridgehead atoms. The van der Waals surface area contributed by atoms with Gasteiger partial charge in [-0.3, -0.25) is 4.55 Å². The molecule has 0 aromatic carbocycles. The molecule has 0 radical (unpaired) electrons. The largest absolute Gasteiger partial charge is 1.00 e. The zero-order chi connectivity index (χ0) is 20.9. The molecule has 0 fully saturated rings. The van der Waals surface area contributed by atoms with Crippen molar-refractivity contribution >= 4 is 16.0 Å². The smallest absolute Gasteiger partial charge is 0.862 e. The Balaban J connectivity index is 0. The van der Waals surface area contributed by atoms with Crippen LogP contribution in [-0.2, 0) is 10.1 Å². The van der Waals surface area contributed by atoms with Gasteiger partial charge in [-0.1, -0.05) is 70.4 Å². The second-order valence-corrected chi connectivity index (χ2v) is 9.17. The summed E-state index contributed by atoms with van der Waals surface area (Å²) < 4.78 is 29.7. The van der Waals surface area contributed by atoms with Crippen LogP contribution in [0.15, 0.2) is 17.1 Å². The van der Waals surface area contributed by atoms with Crippen molar-refractivity contribution in [1.82, 2.24) is 0 Å². The van der Waals surface area contributed by atoms with Crippen molar-refractivity contribution in [2.75, 3.05) is 12.3 Å². The van der Waals surface area contributed by atoms with Crippen molar-refractivity contribution in [1.29, 1.82) is 0 Å². The summed E-state index contributed by atoms with van der Waals surface area (Å²) in [6.07, 6.45) is 22.0. The topological polar surface area (TPSA) is 89.8 Å². The van der Waals surface area contributed by atoms with E-state index in [1.54, 1.807) is 0 Å². The van der Waals surface area contributed by atoms with Crippen LogP contribution >= 0.6 is 0 Å². The van der Waals surface area contributed by atoms with Gasteiger partial charge in [0.05, 0.1) is 5.75 Å². The maximum atomic E-state index is 11.6. The first-order valence-electron chi connectivity index (χ1n) is 11.3. The molecule has 7 heteroatoms. The average molecular weight is 456 g/mol. The molecule has 0 aliphatic rings. The first-order chi connectivity index (χ1) is 13.5. The molecule has 0 aromatic heterocycles. The quantitative estimate of drug-likeness (QED) is 0.0762. The molecule has 0 aliphatic carbocycles. The third-order valence-electron chi connectivity index (χ3n) is 4.75. The van der Waals surface area contributed by atoms with Gasteiger partial charge in [0, 0.05) is 6.54 Å². The summed E-state index contributed by atoms with van der Waals surface area (Å²) in [5, 5.41) is 11.6. The van der Waals surface area contributed by atoms with Crippen LogP contribution < -0.4 is 56.5 Å². The molecule has 0 spiro atoms. The summed E-state index contributed by atoms with van der Waals surface area (Å²) in [6, 6.07) is 0. The Kier molecular flexibility index (Phi) is 25.8. The second-order valence-electron chi connectivity index (χ2n) is 7.60. The summed E-state index contributed by atoms with van der Waals surface area (Å²) in [4.78, 5) is 3.92. The van der Waals surface area contributed by atoms with E-state index in [9.17, 15) is 13.5 Å². The Bertz CT molecular complexity index is 507. The summed E-state index contributed by atoms with van der Waals surface area (Å²) in [5.74, 6) is -0.352. The predicted molar refractivity (Wildman–Crippen MR) is 117 cm³/mol. The van der Waals surface area contributed by atoms with Gasteiger partial charge in [-0.15, -0.1) is 0 Å². The predicted octanol–water partition coefficient (Wildman–Crippen LogP) is 2.45. The first kappa shape index (κ1) is 31.9. The molecular formula is C22H42KNO4S.